The van der Waals surface area contributed by atoms with Crippen LogP contribution in [0.4, 0.5) is 0 Å². The van der Waals surface area contributed by atoms with Gasteiger partial charge < -0.3 is 9.66 Å². The third kappa shape index (κ3) is 5.96. The van der Waals surface area contributed by atoms with Crippen molar-refractivity contribution in [2.75, 3.05) is 6.61 Å². The van der Waals surface area contributed by atoms with Gasteiger partial charge in [-0.2, -0.15) is 0 Å². The summed E-state index contributed by atoms with van der Waals surface area (Å²) >= 11 is 0. The molecule has 90 valence electrons. The van der Waals surface area contributed by atoms with Crippen LogP contribution < -0.4 is 29.6 Å². The van der Waals surface area contributed by atoms with Crippen molar-refractivity contribution in [1.82, 2.24) is 0 Å². The number of hydrogen-bond acceptors (Lipinski definition) is 5. The van der Waals surface area contributed by atoms with Crippen molar-refractivity contribution in [1.29, 1.82) is 0 Å². The predicted molar refractivity (Wildman–Crippen MR) is 56.4 cm³/mol. The Bertz CT molecular complexity index is 446. The van der Waals surface area contributed by atoms with Crippen LogP contribution in [-0.2, 0) is 21.0 Å². The van der Waals surface area contributed by atoms with Crippen LogP contribution in [0, 0.1) is 0 Å². The molecule has 0 bridgehead atoms. The van der Waals surface area contributed by atoms with Gasteiger partial charge in [-0.05, 0) is 17.5 Å². The fraction of sp³-hybridized carbons (Fsp3) is 0.400. The minimum Gasteiger partial charge on any atom is -0.726 e. The standard InChI is InChI=1S/C10H14O5S.Na/c1-2-8-4-3-5-9(6-8)10(7-11)15-16(12,13)14;/h3-6,10-11H,2,7H2,1H3,(H,12,13,14);/q;+1/p-1/t10-;/m0./s1. The van der Waals surface area contributed by atoms with E-state index in [9.17, 15) is 13.0 Å². The Morgan fingerprint density at radius 1 is 1.47 bits per heavy atom. The minimum absolute atomic E-state index is 0. The number of aliphatic hydroxyl groups excluding tert-OH is 1. The monoisotopic (exact) mass is 268 g/mol. The molecule has 1 aromatic rings. The van der Waals surface area contributed by atoms with Gasteiger partial charge in [0.25, 0.3) is 0 Å². The molecule has 17 heavy (non-hydrogen) atoms. The van der Waals surface area contributed by atoms with Gasteiger partial charge >= 0.3 is 29.6 Å². The average molecular weight is 268 g/mol. The van der Waals surface area contributed by atoms with Gasteiger partial charge in [-0.3, -0.25) is 4.18 Å². The quantitative estimate of drug-likeness (QED) is 0.371. The Balaban J connectivity index is 0.00000256. The van der Waals surface area contributed by atoms with Crippen LogP contribution in [0.2, 0.25) is 0 Å². The van der Waals surface area contributed by atoms with Crippen LogP contribution in [0.25, 0.3) is 0 Å². The maximum Gasteiger partial charge on any atom is 1.00 e. The van der Waals surface area contributed by atoms with Crippen LogP contribution >= 0.6 is 0 Å². The molecule has 1 N–H and O–H groups in total. The number of hydrogen-bond donors (Lipinski definition) is 1. The maximum atomic E-state index is 10.4. The molecular formula is C10H13NaO5S. The summed E-state index contributed by atoms with van der Waals surface area (Å²) in [6.07, 6.45) is -0.357. The first-order chi connectivity index (χ1) is 7.46. The van der Waals surface area contributed by atoms with Crippen LogP contribution in [0.15, 0.2) is 24.3 Å². The van der Waals surface area contributed by atoms with Crippen LogP contribution in [0.1, 0.15) is 24.2 Å². The molecule has 1 aromatic carbocycles. The van der Waals surface area contributed by atoms with Gasteiger partial charge in [0, 0.05) is 0 Å². The van der Waals surface area contributed by atoms with Gasteiger partial charge in [0.1, 0.15) is 6.10 Å². The first kappa shape index (κ1) is 17.1. The summed E-state index contributed by atoms with van der Waals surface area (Å²) in [6.45, 7) is 1.38. The van der Waals surface area contributed by atoms with Gasteiger partial charge in [-0.25, -0.2) is 8.42 Å². The summed E-state index contributed by atoms with van der Waals surface area (Å²) in [5.74, 6) is 0. The molecule has 1 atom stereocenters. The topological polar surface area (TPSA) is 86.7 Å². The van der Waals surface area contributed by atoms with Crippen LogP contribution in [0.3, 0.4) is 0 Å². The summed E-state index contributed by atoms with van der Waals surface area (Å²) in [4.78, 5) is 0. The van der Waals surface area contributed by atoms with Crippen LogP contribution in [-0.4, -0.2) is 24.7 Å². The van der Waals surface area contributed by atoms with Crippen molar-refractivity contribution in [3.8, 4) is 0 Å². The Kier molecular flexibility index (Phi) is 7.50. The number of aryl methyl sites for hydroxylation is 1. The fourth-order valence-corrected chi connectivity index (χ4v) is 1.80. The van der Waals surface area contributed by atoms with Crippen molar-refractivity contribution in [3.05, 3.63) is 35.4 Å². The summed E-state index contributed by atoms with van der Waals surface area (Å²) in [5.41, 5.74) is 1.45. The van der Waals surface area contributed by atoms with E-state index in [0.717, 1.165) is 12.0 Å². The second kappa shape index (κ2) is 7.48. The maximum absolute atomic E-state index is 10.4. The molecule has 0 spiro atoms. The number of aliphatic hydroxyl groups is 1. The molecule has 0 saturated carbocycles. The summed E-state index contributed by atoms with van der Waals surface area (Å²) in [7, 11) is -4.81. The molecule has 0 unspecified atom stereocenters. The van der Waals surface area contributed by atoms with E-state index < -0.39 is 23.1 Å². The second-order valence-electron chi connectivity index (χ2n) is 3.27. The first-order valence-corrected chi connectivity index (χ1v) is 6.13. The Morgan fingerprint density at radius 3 is 2.59 bits per heavy atom. The molecular weight excluding hydrogens is 255 g/mol. The van der Waals surface area contributed by atoms with E-state index in [4.69, 9.17) is 5.11 Å². The van der Waals surface area contributed by atoms with Crippen molar-refractivity contribution >= 4 is 10.4 Å². The SMILES string of the molecule is CCc1cccc([C@H](CO)OS(=O)(=O)[O-])c1.[Na+]. The Hall–Kier alpha value is 0.0500. The molecule has 0 saturated heterocycles. The van der Waals surface area contributed by atoms with E-state index in [1.165, 1.54) is 0 Å². The second-order valence-corrected chi connectivity index (χ2v) is 4.28. The molecule has 1 rings (SSSR count). The summed E-state index contributed by atoms with van der Waals surface area (Å²) < 4.78 is 35.6. The van der Waals surface area contributed by atoms with Gasteiger partial charge in [-0.15, -0.1) is 0 Å². The smallest absolute Gasteiger partial charge is 0.726 e. The zero-order chi connectivity index (χ0) is 12.2. The van der Waals surface area contributed by atoms with Gasteiger partial charge in [-0.1, -0.05) is 31.2 Å². The molecule has 0 aliphatic heterocycles. The van der Waals surface area contributed by atoms with Crippen molar-refractivity contribution in [2.24, 2.45) is 0 Å². The Labute approximate surface area is 123 Å². The van der Waals surface area contributed by atoms with Gasteiger partial charge in [0.05, 0.1) is 6.61 Å². The minimum atomic E-state index is -4.81. The van der Waals surface area contributed by atoms with Gasteiger partial charge in [0.2, 0.25) is 10.4 Å². The van der Waals surface area contributed by atoms with E-state index in [2.05, 4.69) is 4.18 Å². The third-order valence-electron chi connectivity index (χ3n) is 2.13. The van der Waals surface area contributed by atoms with Gasteiger partial charge in [0.15, 0.2) is 0 Å². The molecule has 0 aliphatic carbocycles. The number of benzene rings is 1. The molecule has 0 amide bonds. The predicted octanol–water partition coefficient (Wildman–Crippen LogP) is -2.24. The van der Waals surface area contributed by atoms with Crippen molar-refractivity contribution in [3.63, 3.8) is 0 Å². The molecule has 0 radical (unpaired) electrons. The summed E-state index contributed by atoms with van der Waals surface area (Å²) in [6, 6.07) is 6.89. The van der Waals surface area contributed by atoms with E-state index in [1.807, 2.05) is 13.0 Å². The Morgan fingerprint density at radius 2 is 2.12 bits per heavy atom. The normalized spacial score (nSPS) is 12.9. The molecule has 0 aliphatic rings. The van der Waals surface area contributed by atoms with Crippen molar-refractivity contribution < 1.29 is 51.8 Å². The third-order valence-corrected chi connectivity index (χ3v) is 2.60. The zero-order valence-electron chi connectivity index (χ0n) is 9.79. The van der Waals surface area contributed by atoms with E-state index in [-0.39, 0.29) is 29.6 Å². The molecule has 0 fully saturated rings. The fourth-order valence-electron chi connectivity index (χ4n) is 1.35. The average Bonchev–Trinajstić information content (AvgIpc) is 2.25. The van der Waals surface area contributed by atoms with E-state index in [0.29, 0.717) is 5.56 Å². The van der Waals surface area contributed by atoms with E-state index in [1.54, 1.807) is 18.2 Å². The molecule has 5 nitrogen and oxygen atoms in total. The zero-order valence-corrected chi connectivity index (χ0v) is 12.6. The summed E-state index contributed by atoms with van der Waals surface area (Å²) in [5, 5.41) is 8.98. The molecule has 7 heteroatoms. The molecule has 0 aromatic heterocycles. The number of rotatable bonds is 5. The van der Waals surface area contributed by atoms with Crippen LogP contribution in [0.5, 0.6) is 0 Å². The van der Waals surface area contributed by atoms with Crippen molar-refractivity contribution in [2.45, 2.75) is 19.4 Å². The largest absolute Gasteiger partial charge is 1.00 e. The first-order valence-electron chi connectivity index (χ1n) is 4.80. The van der Waals surface area contributed by atoms with E-state index >= 15 is 0 Å². The molecule has 0 heterocycles.